The summed E-state index contributed by atoms with van der Waals surface area (Å²) >= 11 is 0. The highest BCUT2D eigenvalue weighted by Gasteiger charge is 2.13. The zero-order chi connectivity index (χ0) is 13.8. The molecule has 3 nitrogen and oxygen atoms in total. The van der Waals surface area contributed by atoms with E-state index in [1.807, 2.05) is 13.8 Å². The largest absolute Gasteiger partial charge is 0.492 e. The number of carbonyl (C=O) groups excluding carboxylic acids is 1. The van der Waals surface area contributed by atoms with Crippen LogP contribution in [-0.2, 0) is 0 Å². The number of pyridine rings is 1. The van der Waals surface area contributed by atoms with Crippen molar-refractivity contribution >= 4 is 5.78 Å². The van der Waals surface area contributed by atoms with Crippen molar-refractivity contribution in [3.8, 4) is 5.75 Å². The van der Waals surface area contributed by atoms with Crippen LogP contribution in [0, 0.1) is 11.3 Å². The number of aromatic nitrogens is 1. The summed E-state index contributed by atoms with van der Waals surface area (Å²) in [6.45, 7) is 10.9. The second-order valence-corrected chi connectivity index (χ2v) is 6.09. The van der Waals surface area contributed by atoms with Gasteiger partial charge in [0.1, 0.15) is 5.75 Å². The molecule has 0 bridgehead atoms. The first-order chi connectivity index (χ1) is 8.29. The van der Waals surface area contributed by atoms with Gasteiger partial charge in [0.15, 0.2) is 5.78 Å². The van der Waals surface area contributed by atoms with Gasteiger partial charge in [-0.2, -0.15) is 0 Å². The highest BCUT2D eigenvalue weighted by molar-refractivity contribution is 5.97. The van der Waals surface area contributed by atoms with Crippen molar-refractivity contribution < 1.29 is 9.53 Å². The highest BCUT2D eigenvalue weighted by Crippen LogP contribution is 2.20. The van der Waals surface area contributed by atoms with Crippen molar-refractivity contribution in [3.05, 3.63) is 24.0 Å². The van der Waals surface area contributed by atoms with Crippen LogP contribution in [0.5, 0.6) is 5.75 Å². The van der Waals surface area contributed by atoms with E-state index in [1.54, 1.807) is 18.5 Å². The lowest BCUT2D eigenvalue weighted by atomic mass is 9.93. The third kappa shape index (κ3) is 4.86. The van der Waals surface area contributed by atoms with E-state index in [0.717, 1.165) is 6.42 Å². The first-order valence-corrected chi connectivity index (χ1v) is 6.41. The Balaban J connectivity index is 2.63. The molecule has 0 N–H and O–H groups in total. The average Bonchev–Trinajstić information content (AvgIpc) is 2.26. The summed E-state index contributed by atoms with van der Waals surface area (Å²) in [5.41, 5.74) is 0.872. The third-order valence-electron chi connectivity index (χ3n) is 2.64. The average molecular weight is 249 g/mol. The van der Waals surface area contributed by atoms with Crippen molar-refractivity contribution in [1.29, 1.82) is 0 Å². The number of carbonyl (C=O) groups is 1. The molecule has 0 spiro atoms. The van der Waals surface area contributed by atoms with Crippen LogP contribution >= 0.6 is 0 Å². The van der Waals surface area contributed by atoms with E-state index in [2.05, 4.69) is 25.8 Å². The Kier molecular flexibility index (Phi) is 4.88. The van der Waals surface area contributed by atoms with Gasteiger partial charge in [-0.05, 0) is 17.9 Å². The molecule has 0 radical (unpaired) electrons. The first kappa shape index (κ1) is 14.7. The van der Waals surface area contributed by atoms with Gasteiger partial charge in [0, 0.05) is 17.7 Å². The Labute approximate surface area is 110 Å². The Morgan fingerprint density at radius 3 is 2.56 bits per heavy atom. The maximum Gasteiger partial charge on any atom is 0.167 e. The van der Waals surface area contributed by atoms with E-state index in [4.69, 9.17) is 4.74 Å². The van der Waals surface area contributed by atoms with E-state index in [0.29, 0.717) is 17.9 Å². The van der Waals surface area contributed by atoms with Crippen LogP contribution in [0.1, 0.15) is 51.4 Å². The van der Waals surface area contributed by atoms with Crippen LogP contribution in [-0.4, -0.2) is 17.4 Å². The third-order valence-corrected chi connectivity index (χ3v) is 2.64. The molecule has 0 aliphatic rings. The van der Waals surface area contributed by atoms with E-state index in [9.17, 15) is 4.79 Å². The van der Waals surface area contributed by atoms with Gasteiger partial charge in [-0.3, -0.25) is 9.78 Å². The quantitative estimate of drug-likeness (QED) is 0.746. The number of rotatable bonds is 5. The van der Waals surface area contributed by atoms with Crippen molar-refractivity contribution in [2.45, 2.75) is 41.0 Å². The molecule has 1 heterocycles. The highest BCUT2D eigenvalue weighted by atomic mass is 16.5. The lowest BCUT2D eigenvalue weighted by molar-refractivity contribution is 0.0938. The maximum atomic E-state index is 11.8. The molecule has 0 aliphatic carbocycles. The van der Waals surface area contributed by atoms with Gasteiger partial charge in [0.2, 0.25) is 0 Å². The summed E-state index contributed by atoms with van der Waals surface area (Å²) < 4.78 is 5.64. The molecule has 0 aromatic carbocycles. The van der Waals surface area contributed by atoms with Gasteiger partial charge in [0.25, 0.3) is 0 Å². The molecule has 3 heteroatoms. The van der Waals surface area contributed by atoms with Gasteiger partial charge >= 0.3 is 0 Å². The van der Waals surface area contributed by atoms with Gasteiger partial charge < -0.3 is 4.74 Å². The molecule has 1 aromatic rings. The first-order valence-electron chi connectivity index (χ1n) is 6.41. The normalized spacial score (nSPS) is 11.7. The van der Waals surface area contributed by atoms with Crippen LogP contribution in [0.25, 0.3) is 0 Å². The van der Waals surface area contributed by atoms with Gasteiger partial charge in [0.05, 0.1) is 12.8 Å². The SMILES string of the molecule is CC(C)C(=O)c1cncc(OCCC(C)(C)C)c1. The van der Waals surface area contributed by atoms with Gasteiger partial charge in [-0.25, -0.2) is 0 Å². The van der Waals surface area contributed by atoms with Crippen LogP contribution < -0.4 is 4.74 Å². The summed E-state index contributed by atoms with van der Waals surface area (Å²) in [6, 6.07) is 1.78. The minimum Gasteiger partial charge on any atom is -0.492 e. The van der Waals surface area contributed by atoms with Crippen molar-refractivity contribution in [3.63, 3.8) is 0 Å². The fourth-order valence-electron chi connectivity index (χ4n) is 1.44. The smallest absolute Gasteiger partial charge is 0.167 e. The van der Waals surface area contributed by atoms with E-state index in [1.165, 1.54) is 0 Å². The number of hydrogen-bond acceptors (Lipinski definition) is 3. The van der Waals surface area contributed by atoms with Gasteiger partial charge in [-0.15, -0.1) is 0 Å². The second-order valence-electron chi connectivity index (χ2n) is 6.09. The summed E-state index contributed by atoms with van der Waals surface area (Å²) in [5.74, 6) is 0.756. The minimum atomic E-state index is -0.0170. The van der Waals surface area contributed by atoms with E-state index < -0.39 is 0 Å². The molecule has 1 rings (SSSR count). The summed E-state index contributed by atoms with van der Waals surface area (Å²) in [7, 11) is 0. The van der Waals surface area contributed by atoms with Crippen LogP contribution in [0.2, 0.25) is 0 Å². The Morgan fingerprint density at radius 1 is 1.33 bits per heavy atom. The molecule has 0 fully saturated rings. The fraction of sp³-hybridized carbons (Fsp3) is 0.600. The molecule has 100 valence electrons. The zero-order valence-corrected chi connectivity index (χ0v) is 12.0. The summed E-state index contributed by atoms with van der Waals surface area (Å²) in [4.78, 5) is 15.9. The molecule has 18 heavy (non-hydrogen) atoms. The van der Waals surface area contributed by atoms with Crippen LogP contribution in [0.15, 0.2) is 18.5 Å². The minimum absolute atomic E-state index is 0.0170. The Morgan fingerprint density at radius 2 is 2.00 bits per heavy atom. The molecule has 0 aliphatic heterocycles. The van der Waals surface area contributed by atoms with Crippen LogP contribution in [0.3, 0.4) is 0 Å². The molecule has 0 unspecified atom stereocenters. The Hall–Kier alpha value is -1.38. The fourth-order valence-corrected chi connectivity index (χ4v) is 1.44. The molecule has 0 saturated carbocycles. The van der Waals surface area contributed by atoms with Crippen LogP contribution in [0.4, 0.5) is 0 Å². The van der Waals surface area contributed by atoms with Crippen molar-refractivity contribution in [2.75, 3.05) is 6.61 Å². The molecular weight excluding hydrogens is 226 g/mol. The number of nitrogens with zero attached hydrogens (tertiary/aromatic N) is 1. The standard InChI is InChI=1S/C15H23NO2/c1-11(2)14(17)12-8-13(10-16-9-12)18-7-6-15(3,4)5/h8-11H,6-7H2,1-5H3. The lowest BCUT2D eigenvalue weighted by Crippen LogP contribution is -2.12. The maximum absolute atomic E-state index is 11.8. The zero-order valence-electron chi connectivity index (χ0n) is 12.0. The predicted molar refractivity (Wildman–Crippen MR) is 73.0 cm³/mol. The lowest BCUT2D eigenvalue weighted by Gasteiger charge is -2.18. The van der Waals surface area contributed by atoms with E-state index in [-0.39, 0.29) is 17.1 Å². The predicted octanol–water partition coefficient (Wildman–Crippen LogP) is 3.74. The topological polar surface area (TPSA) is 39.2 Å². The second kappa shape index (κ2) is 5.98. The molecule has 1 aromatic heterocycles. The number of ether oxygens (including phenoxy) is 1. The number of ketones is 1. The monoisotopic (exact) mass is 249 g/mol. The Bertz CT molecular complexity index is 405. The molecule has 0 atom stereocenters. The molecular formula is C15H23NO2. The van der Waals surface area contributed by atoms with Gasteiger partial charge in [-0.1, -0.05) is 34.6 Å². The molecule has 0 amide bonds. The molecule has 0 saturated heterocycles. The van der Waals surface area contributed by atoms with Crippen molar-refractivity contribution in [2.24, 2.45) is 11.3 Å². The summed E-state index contributed by atoms with van der Waals surface area (Å²) in [5, 5.41) is 0. The summed E-state index contributed by atoms with van der Waals surface area (Å²) in [6.07, 6.45) is 4.22. The van der Waals surface area contributed by atoms with Crippen molar-refractivity contribution in [1.82, 2.24) is 4.98 Å². The van der Waals surface area contributed by atoms with E-state index >= 15 is 0 Å². The number of hydrogen-bond donors (Lipinski definition) is 0. The number of Topliss-reactive ketones (excluding diaryl/α,β-unsaturated/α-hetero) is 1.